The van der Waals surface area contributed by atoms with Crippen molar-refractivity contribution in [2.45, 2.75) is 44.4 Å². The van der Waals surface area contributed by atoms with Gasteiger partial charge in [-0.3, -0.25) is 4.79 Å². The minimum Gasteiger partial charge on any atom is -0.326 e. The molecule has 1 aromatic carbocycles. The lowest BCUT2D eigenvalue weighted by Gasteiger charge is -2.08. The molecule has 0 fully saturated rings. The van der Waals surface area contributed by atoms with E-state index in [1.165, 1.54) is 19.1 Å². The van der Waals surface area contributed by atoms with Gasteiger partial charge >= 0.3 is 0 Å². The van der Waals surface area contributed by atoms with Crippen molar-refractivity contribution in [3.63, 3.8) is 0 Å². The highest BCUT2D eigenvalue weighted by Crippen LogP contribution is 2.14. The van der Waals surface area contributed by atoms with Crippen LogP contribution >= 0.6 is 0 Å². The molecule has 0 aromatic heterocycles. The SMILES string of the molecule is CCCCCCNS(=O)(=O)c1ccc(NC(C)=O)cc1. The minimum absolute atomic E-state index is 0.186. The lowest BCUT2D eigenvalue weighted by molar-refractivity contribution is -0.114. The molecule has 6 heteroatoms. The first-order valence-electron chi connectivity index (χ1n) is 6.83. The first-order chi connectivity index (χ1) is 9.45. The molecule has 1 aromatic rings. The van der Waals surface area contributed by atoms with E-state index in [2.05, 4.69) is 17.0 Å². The van der Waals surface area contributed by atoms with Crippen LogP contribution < -0.4 is 10.0 Å². The Morgan fingerprint density at radius 2 is 1.75 bits per heavy atom. The fraction of sp³-hybridized carbons (Fsp3) is 0.500. The van der Waals surface area contributed by atoms with Crippen LogP contribution in [0.2, 0.25) is 0 Å². The van der Waals surface area contributed by atoms with E-state index in [1.807, 2.05) is 0 Å². The van der Waals surface area contributed by atoms with Crippen LogP contribution in [0.15, 0.2) is 29.2 Å². The predicted molar refractivity (Wildman–Crippen MR) is 80.1 cm³/mol. The molecule has 0 atom stereocenters. The average molecular weight is 298 g/mol. The fourth-order valence-corrected chi connectivity index (χ4v) is 2.84. The van der Waals surface area contributed by atoms with E-state index in [0.717, 1.165) is 25.7 Å². The summed E-state index contributed by atoms with van der Waals surface area (Å²) in [6.07, 6.45) is 4.11. The van der Waals surface area contributed by atoms with Crippen LogP contribution in [0, 0.1) is 0 Å². The number of anilines is 1. The molecular weight excluding hydrogens is 276 g/mol. The third kappa shape index (κ3) is 5.71. The van der Waals surface area contributed by atoms with Crippen molar-refractivity contribution in [3.8, 4) is 0 Å². The Morgan fingerprint density at radius 1 is 1.10 bits per heavy atom. The molecule has 1 rings (SSSR count). The second kappa shape index (κ2) is 8.01. The number of benzene rings is 1. The highest BCUT2D eigenvalue weighted by Gasteiger charge is 2.12. The molecule has 0 saturated carbocycles. The molecule has 0 bridgehead atoms. The van der Waals surface area contributed by atoms with Gasteiger partial charge < -0.3 is 5.32 Å². The van der Waals surface area contributed by atoms with Crippen LogP contribution in [0.5, 0.6) is 0 Å². The third-order valence-electron chi connectivity index (χ3n) is 2.81. The maximum absolute atomic E-state index is 12.0. The Bertz CT molecular complexity index is 524. The molecule has 0 aliphatic carbocycles. The standard InChI is InChI=1S/C14H22N2O3S/c1-3-4-5-6-11-15-20(18,19)14-9-7-13(8-10-14)16-12(2)17/h7-10,15H,3-6,11H2,1-2H3,(H,16,17). The molecule has 5 nitrogen and oxygen atoms in total. The Kier molecular flexibility index (Phi) is 6.67. The quantitative estimate of drug-likeness (QED) is 0.724. The zero-order valence-corrected chi connectivity index (χ0v) is 12.8. The highest BCUT2D eigenvalue weighted by molar-refractivity contribution is 7.89. The van der Waals surface area contributed by atoms with Crippen LogP contribution in [0.3, 0.4) is 0 Å². The fourth-order valence-electron chi connectivity index (χ4n) is 1.76. The number of hydrogen-bond donors (Lipinski definition) is 2. The highest BCUT2D eigenvalue weighted by atomic mass is 32.2. The van der Waals surface area contributed by atoms with E-state index >= 15 is 0 Å². The lowest BCUT2D eigenvalue weighted by atomic mass is 10.2. The summed E-state index contributed by atoms with van der Waals surface area (Å²) in [5.74, 6) is -0.186. The summed E-state index contributed by atoms with van der Waals surface area (Å²) >= 11 is 0. The van der Waals surface area contributed by atoms with Gasteiger partial charge in [0, 0.05) is 19.2 Å². The molecule has 0 aliphatic heterocycles. The number of amides is 1. The molecule has 20 heavy (non-hydrogen) atoms. The van der Waals surface area contributed by atoms with E-state index in [9.17, 15) is 13.2 Å². The smallest absolute Gasteiger partial charge is 0.240 e. The molecule has 1 amide bonds. The number of carbonyl (C=O) groups is 1. The molecule has 0 aliphatic rings. The van der Waals surface area contributed by atoms with Gasteiger partial charge in [0.25, 0.3) is 0 Å². The maximum Gasteiger partial charge on any atom is 0.240 e. The summed E-state index contributed by atoms with van der Waals surface area (Å²) in [4.78, 5) is 11.1. The van der Waals surface area contributed by atoms with Gasteiger partial charge in [-0.1, -0.05) is 26.2 Å². The van der Waals surface area contributed by atoms with Crippen molar-refractivity contribution in [2.75, 3.05) is 11.9 Å². The van der Waals surface area contributed by atoms with Crippen LogP contribution in [0.25, 0.3) is 0 Å². The van der Waals surface area contributed by atoms with Gasteiger partial charge in [0.2, 0.25) is 15.9 Å². The van der Waals surface area contributed by atoms with Gasteiger partial charge in [-0.05, 0) is 30.7 Å². The lowest BCUT2D eigenvalue weighted by Crippen LogP contribution is -2.24. The van der Waals surface area contributed by atoms with Crippen molar-refractivity contribution >= 4 is 21.6 Å². The van der Waals surface area contributed by atoms with Crippen molar-refractivity contribution in [3.05, 3.63) is 24.3 Å². The normalized spacial score (nSPS) is 11.3. The Morgan fingerprint density at radius 3 is 2.30 bits per heavy atom. The summed E-state index contributed by atoms with van der Waals surface area (Å²) < 4.78 is 26.6. The molecular formula is C14H22N2O3S. The van der Waals surface area contributed by atoms with Gasteiger partial charge in [0.1, 0.15) is 0 Å². The zero-order valence-electron chi connectivity index (χ0n) is 12.0. The van der Waals surface area contributed by atoms with Crippen molar-refractivity contribution in [2.24, 2.45) is 0 Å². The van der Waals surface area contributed by atoms with Crippen LogP contribution in [-0.4, -0.2) is 20.9 Å². The second-order valence-corrected chi connectivity index (χ2v) is 6.43. The van der Waals surface area contributed by atoms with Crippen LogP contribution in [0.4, 0.5) is 5.69 Å². The topological polar surface area (TPSA) is 75.3 Å². The van der Waals surface area contributed by atoms with Gasteiger partial charge in [0.15, 0.2) is 0 Å². The molecule has 0 spiro atoms. The van der Waals surface area contributed by atoms with E-state index in [0.29, 0.717) is 12.2 Å². The predicted octanol–water partition coefficient (Wildman–Crippen LogP) is 2.50. The van der Waals surface area contributed by atoms with Crippen LogP contribution in [-0.2, 0) is 14.8 Å². The Balaban J connectivity index is 2.56. The molecule has 0 heterocycles. The van der Waals surface area contributed by atoms with Gasteiger partial charge in [-0.2, -0.15) is 0 Å². The Hall–Kier alpha value is -1.40. The zero-order chi connectivity index (χ0) is 15.0. The number of hydrogen-bond acceptors (Lipinski definition) is 3. The molecule has 0 radical (unpaired) electrons. The van der Waals surface area contributed by atoms with E-state index in [4.69, 9.17) is 0 Å². The monoisotopic (exact) mass is 298 g/mol. The third-order valence-corrected chi connectivity index (χ3v) is 4.28. The number of carbonyl (C=O) groups excluding carboxylic acids is 1. The summed E-state index contributed by atoms with van der Waals surface area (Å²) in [6.45, 7) is 3.97. The molecule has 112 valence electrons. The summed E-state index contributed by atoms with van der Waals surface area (Å²) in [5.41, 5.74) is 0.583. The average Bonchev–Trinajstić information content (AvgIpc) is 2.38. The Labute approximate surface area is 120 Å². The first kappa shape index (κ1) is 16.7. The molecule has 0 saturated heterocycles. The van der Waals surface area contributed by atoms with Crippen molar-refractivity contribution in [1.82, 2.24) is 4.72 Å². The number of unbranched alkanes of at least 4 members (excludes halogenated alkanes) is 3. The first-order valence-corrected chi connectivity index (χ1v) is 8.31. The summed E-state index contributed by atoms with van der Waals surface area (Å²) in [6, 6.07) is 6.12. The minimum atomic E-state index is -3.46. The van der Waals surface area contributed by atoms with Crippen LogP contribution in [0.1, 0.15) is 39.5 Å². The van der Waals surface area contributed by atoms with Crippen molar-refractivity contribution < 1.29 is 13.2 Å². The number of rotatable bonds is 8. The maximum atomic E-state index is 12.0. The summed E-state index contributed by atoms with van der Waals surface area (Å²) in [7, 11) is -3.46. The second-order valence-electron chi connectivity index (χ2n) is 4.66. The van der Waals surface area contributed by atoms with E-state index < -0.39 is 10.0 Å². The van der Waals surface area contributed by atoms with E-state index in [1.54, 1.807) is 12.1 Å². The largest absolute Gasteiger partial charge is 0.326 e. The molecule has 0 unspecified atom stereocenters. The number of nitrogens with one attached hydrogen (secondary N) is 2. The van der Waals surface area contributed by atoms with Crippen molar-refractivity contribution in [1.29, 1.82) is 0 Å². The molecule has 2 N–H and O–H groups in total. The van der Waals surface area contributed by atoms with Gasteiger partial charge in [0.05, 0.1) is 4.90 Å². The summed E-state index contributed by atoms with van der Waals surface area (Å²) in [5, 5.41) is 2.60. The van der Waals surface area contributed by atoms with E-state index in [-0.39, 0.29) is 10.8 Å². The number of sulfonamides is 1. The van der Waals surface area contributed by atoms with Gasteiger partial charge in [-0.15, -0.1) is 0 Å². The van der Waals surface area contributed by atoms with Gasteiger partial charge in [-0.25, -0.2) is 13.1 Å².